The molecule has 0 aliphatic heterocycles. The summed E-state index contributed by atoms with van der Waals surface area (Å²) < 4.78 is 26.8. The molecule has 0 aliphatic carbocycles. The van der Waals surface area contributed by atoms with E-state index in [-0.39, 0.29) is 16.1 Å². The maximum absolute atomic E-state index is 12.2. The van der Waals surface area contributed by atoms with Gasteiger partial charge in [0.2, 0.25) is 0 Å². The molecule has 0 heterocycles. The van der Waals surface area contributed by atoms with Crippen molar-refractivity contribution in [1.29, 1.82) is 0 Å². The van der Waals surface area contributed by atoms with Gasteiger partial charge in [0.25, 0.3) is 10.0 Å². The molecule has 0 aliphatic rings. The molecule has 2 aromatic rings. The van der Waals surface area contributed by atoms with Gasteiger partial charge >= 0.3 is 5.97 Å². The van der Waals surface area contributed by atoms with Crippen molar-refractivity contribution in [1.82, 2.24) is 0 Å². The zero-order valence-electron chi connectivity index (χ0n) is 11.6. The van der Waals surface area contributed by atoms with Crippen molar-refractivity contribution in [2.24, 2.45) is 0 Å². The summed E-state index contributed by atoms with van der Waals surface area (Å²) in [6.45, 7) is 3.43. The van der Waals surface area contributed by atoms with Gasteiger partial charge in [-0.05, 0) is 49.2 Å². The predicted octanol–water partition coefficient (Wildman–Crippen LogP) is 2.80. The molecule has 0 radical (unpaired) electrons. The van der Waals surface area contributed by atoms with Crippen LogP contribution in [0.3, 0.4) is 0 Å². The van der Waals surface area contributed by atoms with E-state index in [9.17, 15) is 13.2 Å². The van der Waals surface area contributed by atoms with Gasteiger partial charge in [0.15, 0.2) is 0 Å². The SMILES string of the molecule is Cc1cc(NS(=O)(=O)c2ccccc2)cc(C(=O)O)c1C. The maximum Gasteiger partial charge on any atom is 0.336 e. The molecule has 0 unspecified atom stereocenters. The average Bonchev–Trinajstić information content (AvgIpc) is 2.43. The lowest BCUT2D eigenvalue weighted by molar-refractivity contribution is 0.0696. The molecule has 21 heavy (non-hydrogen) atoms. The lowest BCUT2D eigenvalue weighted by Crippen LogP contribution is -2.14. The Hall–Kier alpha value is -2.34. The van der Waals surface area contributed by atoms with Crippen molar-refractivity contribution < 1.29 is 18.3 Å². The van der Waals surface area contributed by atoms with Crippen LogP contribution in [0, 0.1) is 13.8 Å². The van der Waals surface area contributed by atoms with Gasteiger partial charge in [0, 0.05) is 5.69 Å². The monoisotopic (exact) mass is 305 g/mol. The molecule has 0 aromatic heterocycles. The van der Waals surface area contributed by atoms with Crippen molar-refractivity contribution in [2.75, 3.05) is 4.72 Å². The Balaban J connectivity index is 2.43. The van der Waals surface area contributed by atoms with Gasteiger partial charge in [-0.2, -0.15) is 0 Å². The Bertz CT molecular complexity index is 783. The molecule has 110 valence electrons. The second kappa shape index (κ2) is 5.57. The van der Waals surface area contributed by atoms with Gasteiger partial charge in [-0.3, -0.25) is 4.72 Å². The molecule has 2 N–H and O–H groups in total. The van der Waals surface area contributed by atoms with Gasteiger partial charge < -0.3 is 5.11 Å². The third-order valence-corrected chi connectivity index (χ3v) is 4.60. The first-order valence-electron chi connectivity index (χ1n) is 6.23. The van der Waals surface area contributed by atoms with Crippen LogP contribution in [0.15, 0.2) is 47.4 Å². The highest BCUT2D eigenvalue weighted by Gasteiger charge is 2.16. The van der Waals surface area contributed by atoms with Gasteiger partial charge in [0.05, 0.1) is 10.5 Å². The summed E-state index contributed by atoms with van der Waals surface area (Å²) in [5, 5.41) is 9.15. The van der Waals surface area contributed by atoms with Crippen LogP contribution in [0.5, 0.6) is 0 Å². The van der Waals surface area contributed by atoms with Crippen LogP contribution in [0.2, 0.25) is 0 Å². The number of hydrogen-bond acceptors (Lipinski definition) is 3. The zero-order chi connectivity index (χ0) is 15.6. The highest BCUT2D eigenvalue weighted by atomic mass is 32.2. The van der Waals surface area contributed by atoms with Crippen molar-refractivity contribution in [3.63, 3.8) is 0 Å². The van der Waals surface area contributed by atoms with E-state index in [0.29, 0.717) is 11.1 Å². The van der Waals surface area contributed by atoms with E-state index in [4.69, 9.17) is 5.11 Å². The minimum atomic E-state index is -3.73. The number of hydrogen-bond donors (Lipinski definition) is 2. The van der Waals surface area contributed by atoms with Crippen molar-refractivity contribution in [3.05, 3.63) is 59.2 Å². The Labute approximate surface area is 123 Å². The lowest BCUT2D eigenvalue weighted by atomic mass is 10.0. The summed E-state index contributed by atoms with van der Waals surface area (Å²) in [6, 6.07) is 10.9. The third kappa shape index (κ3) is 3.22. The van der Waals surface area contributed by atoms with Gasteiger partial charge in [-0.15, -0.1) is 0 Å². The molecule has 5 nitrogen and oxygen atoms in total. The van der Waals surface area contributed by atoms with Crippen molar-refractivity contribution >= 4 is 21.7 Å². The fraction of sp³-hybridized carbons (Fsp3) is 0.133. The van der Waals surface area contributed by atoms with Gasteiger partial charge in [-0.25, -0.2) is 13.2 Å². The Morgan fingerprint density at radius 2 is 1.71 bits per heavy atom. The summed E-state index contributed by atoms with van der Waals surface area (Å²) in [7, 11) is -3.73. The van der Waals surface area contributed by atoms with Gasteiger partial charge in [-0.1, -0.05) is 18.2 Å². The standard InChI is InChI=1S/C15H15NO4S/c1-10-8-12(9-14(11(10)2)15(17)18)16-21(19,20)13-6-4-3-5-7-13/h3-9,16H,1-2H3,(H,17,18). The van der Waals surface area contributed by atoms with E-state index < -0.39 is 16.0 Å². The van der Waals surface area contributed by atoms with E-state index in [2.05, 4.69) is 4.72 Å². The summed E-state index contributed by atoms with van der Waals surface area (Å²) in [5.74, 6) is -1.09. The quantitative estimate of drug-likeness (QED) is 0.909. The second-order valence-corrected chi connectivity index (χ2v) is 6.37. The summed E-state index contributed by atoms with van der Waals surface area (Å²) >= 11 is 0. The zero-order valence-corrected chi connectivity index (χ0v) is 12.4. The predicted molar refractivity (Wildman–Crippen MR) is 80.1 cm³/mol. The second-order valence-electron chi connectivity index (χ2n) is 4.69. The van der Waals surface area contributed by atoms with E-state index in [1.807, 2.05) is 0 Å². The van der Waals surface area contributed by atoms with E-state index in [0.717, 1.165) is 0 Å². The first kappa shape index (κ1) is 15.1. The van der Waals surface area contributed by atoms with Crippen LogP contribution in [-0.2, 0) is 10.0 Å². The van der Waals surface area contributed by atoms with Gasteiger partial charge in [0.1, 0.15) is 0 Å². The first-order valence-corrected chi connectivity index (χ1v) is 7.72. The number of sulfonamides is 1. The van der Waals surface area contributed by atoms with Crippen LogP contribution >= 0.6 is 0 Å². The Kier molecular flexibility index (Phi) is 3.99. The van der Waals surface area contributed by atoms with Crippen LogP contribution < -0.4 is 4.72 Å². The number of nitrogens with one attached hydrogen (secondary N) is 1. The molecule has 6 heteroatoms. The van der Waals surface area contributed by atoms with Crippen LogP contribution in [0.4, 0.5) is 5.69 Å². The highest BCUT2D eigenvalue weighted by molar-refractivity contribution is 7.92. The molecule has 2 rings (SSSR count). The van der Waals surface area contributed by atoms with E-state index in [1.165, 1.54) is 18.2 Å². The molecule has 0 saturated heterocycles. The number of benzene rings is 2. The number of carbonyl (C=O) groups is 1. The van der Waals surface area contributed by atoms with E-state index >= 15 is 0 Å². The molecular formula is C15H15NO4S. The number of anilines is 1. The molecule has 2 aromatic carbocycles. The number of carboxylic acids is 1. The lowest BCUT2D eigenvalue weighted by Gasteiger charge is -2.12. The number of aryl methyl sites for hydroxylation is 1. The topological polar surface area (TPSA) is 83.5 Å². The Morgan fingerprint density at radius 1 is 1.10 bits per heavy atom. The molecule has 0 saturated carbocycles. The fourth-order valence-corrected chi connectivity index (χ4v) is 3.02. The number of carboxylic acid groups (broad SMARTS) is 1. The number of rotatable bonds is 4. The minimum absolute atomic E-state index is 0.0840. The Morgan fingerprint density at radius 3 is 2.29 bits per heavy atom. The highest BCUT2D eigenvalue weighted by Crippen LogP contribution is 2.22. The van der Waals surface area contributed by atoms with Crippen LogP contribution in [-0.4, -0.2) is 19.5 Å². The minimum Gasteiger partial charge on any atom is -0.478 e. The molecule has 0 amide bonds. The molecule has 0 fully saturated rings. The third-order valence-electron chi connectivity index (χ3n) is 3.20. The van der Waals surface area contributed by atoms with Crippen LogP contribution in [0.25, 0.3) is 0 Å². The molecule has 0 bridgehead atoms. The fourth-order valence-electron chi connectivity index (χ4n) is 1.95. The number of aromatic carboxylic acids is 1. The largest absolute Gasteiger partial charge is 0.478 e. The van der Waals surface area contributed by atoms with Crippen LogP contribution in [0.1, 0.15) is 21.5 Å². The summed E-state index contributed by atoms with van der Waals surface area (Å²) in [5.41, 5.74) is 1.64. The van der Waals surface area contributed by atoms with E-state index in [1.54, 1.807) is 38.1 Å². The van der Waals surface area contributed by atoms with Crippen molar-refractivity contribution in [2.45, 2.75) is 18.7 Å². The average molecular weight is 305 g/mol. The smallest absolute Gasteiger partial charge is 0.336 e. The summed E-state index contributed by atoms with van der Waals surface area (Å²) in [6.07, 6.45) is 0. The maximum atomic E-state index is 12.2. The normalized spacial score (nSPS) is 11.1. The molecule has 0 atom stereocenters. The summed E-state index contributed by atoms with van der Waals surface area (Å²) in [4.78, 5) is 11.3. The first-order chi connectivity index (χ1) is 9.81. The molecule has 0 spiro atoms. The van der Waals surface area contributed by atoms with Crippen molar-refractivity contribution in [3.8, 4) is 0 Å². The molecular weight excluding hydrogens is 290 g/mol.